The maximum absolute atomic E-state index is 12.7. The molecule has 0 aliphatic heterocycles. The Hall–Kier alpha value is -4.95. The molecule has 4 rings (SSSR count). The number of ether oxygens (including phenoxy) is 1. The van der Waals surface area contributed by atoms with Crippen molar-refractivity contribution in [3.63, 3.8) is 0 Å². The highest BCUT2D eigenvalue weighted by atomic mass is 35.5. The first-order chi connectivity index (χ1) is 18.0. The summed E-state index contributed by atoms with van der Waals surface area (Å²) in [6.07, 6.45) is 1.39. The summed E-state index contributed by atoms with van der Waals surface area (Å²) in [7, 11) is 0. The molecule has 3 N–H and O–H groups in total. The number of hydrogen-bond donors (Lipinski definition) is 3. The molecule has 0 aliphatic rings. The molecule has 0 atom stereocenters. The molecule has 8 nitrogen and oxygen atoms in total. The number of rotatable bonds is 7. The van der Waals surface area contributed by atoms with Crippen LogP contribution in [0.4, 0.5) is 11.4 Å². The number of benzene rings is 4. The Balaban J connectivity index is 1.35. The van der Waals surface area contributed by atoms with Crippen molar-refractivity contribution >= 4 is 46.9 Å². The zero-order valence-electron chi connectivity index (χ0n) is 19.4. The molecule has 4 aromatic carbocycles. The zero-order chi connectivity index (χ0) is 26.0. The summed E-state index contributed by atoms with van der Waals surface area (Å²) >= 11 is 5.87. The van der Waals surface area contributed by atoms with Crippen LogP contribution in [0.3, 0.4) is 0 Å². The molecule has 0 aromatic heterocycles. The largest absolute Gasteiger partial charge is 0.457 e. The fourth-order valence-corrected chi connectivity index (χ4v) is 3.33. The Morgan fingerprint density at radius 3 is 2.22 bits per heavy atom. The molecule has 0 heterocycles. The van der Waals surface area contributed by atoms with Crippen LogP contribution in [-0.2, 0) is 9.59 Å². The predicted octanol–water partition coefficient (Wildman–Crippen LogP) is 5.47. The van der Waals surface area contributed by atoms with Gasteiger partial charge in [0.2, 0.25) is 0 Å². The van der Waals surface area contributed by atoms with E-state index in [9.17, 15) is 14.4 Å². The molecular weight excluding hydrogens is 492 g/mol. The van der Waals surface area contributed by atoms with Gasteiger partial charge in [0, 0.05) is 10.7 Å². The highest BCUT2D eigenvalue weighted by Gasteiger charge is 2.17. The van der Waals surface area contributed by atoms with Crippen LogP contribution in [0.25, 0.3) is 0 Å². The minimum Gasteiger partial charge on any atom is -0.457 e. The van der Waals surface area contributed by atoms with E-state index in [1.165, 1.54) is 18.3 Å². The maximum Gasteiger partial charge on any atom is 0.329 e. The molecule has 37 heavy (non-hydrogen) atoms. The first-order valence-corrected chi connectivity index (χ1v) is 11.5. The van der Waals surface area contributed by atoms with Crippen molar-refractivity contribution in [3.05, 3.63) is 119 Å². The second-order valence-electron chi connectivity index (χ2n) is 7.65. The van der Waals surface area contributed by atoms with E-state index in [1.807, 2.05) is 30.3 Å². The fraction of sp³-hybridized carbons (Fsp3) is 0. The van der Waals surface area contributed by atoms with Crippen molar-refractivity contribution in [3.8, 4) is 11.5 Å². The highest BCUT2D eigenvalue weighted by Crippen LogP contribution is 2.21. The predicted molar refractivity (Wildman–Crippen MR) is 143 cm³/mol. The normalized spacial score (nSPS) is 10.5. The summed E-state index contributed by atoms with van der Waals surface area (Å²) in [6.45, 7) is 0. The van der Waals surface area contributed by atoms with Crippen molar-refractivity contribution < 1.29 is 19.1 Å². The Morgan fingerprint density at radius 1 is 0.730 bits per heavy atom. The quantitative estimate of drug-likeness (QED) is 0.173. The van der Waals surface area contributed by atoms with Gasteiger partial charge in [0.25, 0.3) is 5.91 Å². The van der Waals surface area contributed by atoms with E-state index >= 15 is 0 Å². The molecule has 184 valence electrons. The molecule has 0 spiro atoms. The van der Waals surface area contributed by atoms with Crippen molar-refractivity contribution in [2.45, 2.75) is 0 Å². The lowest BCUT2D eigenvalue weighted by Crippen LogP contribution is -2.33. The first-order valence-electron chi connectivity index (χ1n) is 11.1. The van der Waals surface area contributed by atoms with E-state index in [0.29, 0.717) is 27.8 Å². The average molecular weight is 513 g/mol. The number of nitrogens with zero attached hydrogens (tertiary/aromatic N) is 1. The molecular formula is C28H21ClN4O4. The van der Waals surface area contributed by atoms with Gasteiger partial charge in [-0.15, -0.1) is 0 Å². The lowest BCUT2D eigenvalue weighted by molar-refractivity contribution is -0.136. The van der Waals surface area contributed by atoms with Gasteiger partial charge in [-0.05, 0) is 66.2 Å². The van der Waals surface area contributed by atoms with Gasteiger partial charge < -0.3 is 15.4 Å². The lowest BCUT2D eigenvalue weighted by atomic mass is 10.1. The number of hydrazone groups is 1. The standard InChI is InChI=1S/C28H21ClN4O4/c29-20-13-15-21(16-14-20)31-26(34)24-11-4-5-12-25(24)32-27(35)28(36)33-30-18-19-7-6-10-23(17-19)37-22-8-2-1-3-9-22/h1-18H,(H,31,34)(H,32,35)(H,33,36)/b30-18-. The van der Waals surface area contributed by atoms with Crippen LogP contribution in [0.1, 0.15) is 15.9 Å². The van der Waals surface area contributed by atoms with Gasteiger partial charge in [-0.2, -0.15) is 5.10 Å². The second-order valence-corrected chi connectivity index (χ2v) is 8.08. The van der Waals surface area contributed by atoms with Crippen LogP contribution >= 0.6 is 11.6 Å². The van der Waals surface area contributed by atoms with Gasteiger partial charge >= 0.3 is 11.8 Å². The third kappa shape index (κ3) is 7.27. The topological polar surface area (TPSA) is 109 Å². The molecule has 0 unspecified atom stereocenters. The fourth-order valence-electron chi connectivity index (χ4n) is 3.20. The number of carbonyl (C=O) groups excluding carboxylic acids is 3. The summed E-state index contributed by atoms with van der Waals surface area (Å²) in [4.78, 5) is 37.4. The SMILES string of the molecule is O=C(N/N=C\c1cccc(Oc2ccccc2)c1)C(=O)Nc1ccccc1C(=O)Nc1ccc(Cl)cc1. The highest BCUT2D eigenvalue weighted by molar-refractivity contribution is 6.40. The Labute approximate surface area is 217 Å². The summed E-state index contributed by atoms with van der Waals surface area (Å²) < 4.78 is 5.77. The minimum absolute atomic E-state index is 0.170. The van der Waals surface area contributed by atoms with Gasteiger partial charge in [-0.1, -0.05) is 54.1 Å². The van der Waals surface area contributed by atoms with Gasteiger partial charge in [0.1, 0.15) is 11.5 Å². The number of carbonyl (C=O) groups is 3. The molecule has 4 aromatic rings. The monoisotopic (exact) mass is 512 g/mol. The number of hydrogen-bond acceptors (Lipinski definition) is 5. The molecule has 9 heteroatoms. The van der Waals surface area contributed by atoms with E-state index in [2.05, 4.69) is 21.2 Å². The second kappa shape index (κ2) is 12.1. The van der Waals surface area contributed by atoms with Crippen LogP contribution in [-0.4, -0.2) is 23.9 Å². The summed E-state index contributed by atoms with van der Waals surface area (Å²) in [6, 6.07) is 29.3. The van der Waals surface area contributed by atoms with Crippen molar-refractivity contribution in [2.24, 2.45) is 5.10 Å². The number of amides is 3. The van der Waals surface area contributed by atoms with Crippen molar-refractivity contribution in [1.82, 2.24) is 5.43 Å². The third-order valence-electron chi connectivity index (χ3n) is 4.94. The lowest BCUT2D eigenvalue weighted by Gasteiger charge is -2.11. The molecule has 0 saturated carbocycles. The first kappa shape index (κ1) is 25.2. The molecule has 0 radical (unpaired) electrons. The molecule has 0 bridgehead atoms. The van der Waals surface area contributed by atoms with Crippen LogP contribution in [0.2, 0.25) is 5.02 Å². The number of para-hydroxylation sites is 2. The van der Waals surface area contributed by atoms with Crippen LogP contribution in [0, 0.1) is 0 Å². The van der Waals surface area contributed by atoms with E-state index < -0.39 is 17.7 Å². The van der Waals surface area contributed by atoms with Gasteiger partial charge in [0.15, 0.2) is 0 Å². The number of anilines is 2. The van der Waals surface area contributed by atoms with E-state index in [0.717, 1.165) is 0 Å². The van der Waals surface area contributed by atoms with Crippen LogP contribution in [0.5, 0.6) is 11.5 Å². The number of nitrogens with one attached hydrogen (secondary N) is 3. The van der Waals surface area contributed by atoms with Crippen molar-refractivity contribution in [2.75, 3.05) is 10.6 Å². The smallest absolute Gasteiger partial charge is 0.329 e. The van der Waals surface area contributed by atoms with E-state index in [-0.39, 0.29) is 11.3 Å². The maximum atomic E-state index is 12.7. The average Bonchev–Trinajstić information content (AvgIpc) is 2.91. The van der Waals surface area contributed by atoms with E-state index in [4.69, 9.17) is 16.3 Å². The van der Waals surface area contributed by atoms with Crippen molar-refractivity contribution in [1.29, 1.82) is 0 Å². The molecule has 3 amide bonds. The zero-order valence-corrected chi connectivity index (χ0v) is 20.1. The number of halogens is 1. The molecule has 0 fully saturated rings. The van der Waals surface area contributed by atoms with Gasteiger partial charge in [0.05, 0.1) is 17.5 Å². The molecule has 0 saturated heterocycles. The summed E-state index contributed by atoms with van der Waals surface area (Å²) in [5.74, 6) is -1.17. The Morgan fingerprint density at radius 2 is 1.43 bits per heavy atom. The van der Waals surface area contributed by atoms with Crippen LogP contribution in [0.15, 0.2) is 108 Å². The van der Waals surface area contributed by atoms with E-state index in [1.54, 1.807) is 60.7 Å². The Kier molecular flexibility index (Phi) is 8.26. The third-order valence-corrected chi connectivity index (χ3v) is 5.20. The minimum atomic E-state index is -0.999. The van der Waals surface area contributed by atoms with Gasteiger partial charge in [-0.25, -0.2) is 5.43 Å². The summed E-state index contributed by atoms with van der Waals surface area (Å²) in [5.41, 5.74) is 3.71. The van der Waals surface area contributed by atoms with Crippen LogP contribution < -0.4 is 20.8 Å². The Bertz CT molecular complexity index is 1440. The summed E-state index contributed by atoms with van der Waals surface area (Å²) in [5, 5.41) is 9.54. The molecule has 0 aliphatic carbocycles. The van der Waals surface area contributed by atoms with Gasteiger partial charge in [-0.3, -0.25) is 14.4 Å².